The van der Waals surface area contributed by atoms with Crippen LogP contribution in [0.5, 0.6) is 0 Å². The second-order valence-electron chi connectivity index (χ2n) is 2.22. The van der Waals surface area contributed by atoms with Gasteiger partial charge >= 0.3 is 0 Å². The van der Waals surface area contributed by atoms with Gasteiger partial charge in [0.15, 0.2) is 0 Å². The van der Waals surface area contributed by atoms with Crippen molar-refractivity contribution in [1.82, 2.24) is 0 Å². The van der Waals surface area contributed by atoms with E-state index >= 15 is 0 Å². The van der Waals surface area contributed by atoms with Gasteiger partial charge in [0.25, 0.3) is 0 Å². The molecule has 0 aromatic carbocycles. The lowest BCUT2D eigenvalue weighted by Gasteiger charge is -2.13. The molecule has 1 nitrogen and oxygen atoms in total. The molecule has 0 aliphatic heterocycles. The normalized spacial score (nSPS) is 18.0. The third kappa shape index (κ3) is 3.40. The molecule has 0 aliphatic rings. The standard InChI is InChI=1S/C6H16NP/c1-4-5-8(3)6(2)7/h6H,4-5,7H2,1-3H3. The summed E-state index contributed by atoms with van der Waals surface area (Å²) >= 11 is 0. The second kappa shape index (κ2) is 4.29. The van der Waals surface area contributed by atoms with Crippen molar-refractivity contribution < 1.29 is 0 Å². The van der Waals surface area contributed by atoms with Crippen molar-refractivity contribution in [1.29, 1.82) is 0 Å². The minimum Gasteiger partial charge on any atom is -0.324 e. The summed E-state index contributed by atoms with van der Waals surface area (Å²) < 4.78 is 0. The molecule has 0 aromatic rings. The monoisotopic (exact) mass is 133 g/mol. The van der Waals surface area contributed by atoms with Gasteiger partial charge in [-0.3, -0.25) is 0 Å². The number of rotatable bonds is 3. The maximum Gasteiger partial charge on any atom is 0.0211 e. The van der Waals surface area contributed by atoms with E-state index in [-0.39, 0.29) is 7.92 Å². The van der Waals surface area contributed by atoms with Gasteiger partial charge in [0, 0.05) is 5.78 Å². The Balaban J connectivity index is 3.17. The van der Waals surface area contributed by atoms with Crippen LogP contribution in [0.25, 0.3) is 0 Å². The lowest BCUT2D eigenvalue weighted by Crippen LogP contribution is -2.12. The maximum atomic E-state index is 5.65. The summed E-state index contributed by atoms with van der Waals surface area (Å²) in [5.41, 5.74) is 5.65. The molecule has 2 heteroatoms. The highest BCUT2D eigenvalue weighted by molar-refractivity contribution is 7.57. The lowest BCUT2D eigenvalue weighted by molar-refractivity contribution is 0.998. The van der Waals surface area contributed by atoms with Crippen LogP contribution in [0.1, 0.15) is 20.3 Å². The van der Waals surface area contributed by atoms with Gasteiger partial charge in [-0.25, -0.2) is 0 Å². The Morgan fingerprint density at radius 1 is 1.62 bits per heavy atom. The smallest absolute Gasteiger partial charge is 0.0211 e. The molecule has 2 N–H and O–H groups in total. The molecule has 50 valence electrons. The van der Waals surface area contributed by atoms with Crippen molar-refractivity contribution in [3.63, 3.8) is 0 Å². The van der Waals surface area contributed by atoms with Crippen LogP contribution in [0.15, 0.2) is 0 Å². The molecule has 0 amide bonds. The SMILES string of the molecule is CCCP(C)C(C)N. The third-order valence-electron chi connectivity index (χ3n) is 1.27. The summed E-state index contributed by atoms with van der Waals surface area (Å²) in [4.78, 5) is 0. The topological polar surface area (TPSA) is 26.0 Å². The fourth-order valence-electron chi connectivity index (χ4n) is 0.556. The molecule has 0 heterocycles. The van der Waals surface area contributed by atoms with Crippen LogP contribution in [0.3, 0.4) is 0 Å². The van der Waals surface area contributed by atoms with Gasteiger partial charge in [0.2, 0.25) is 0 Å². The van der Waals surface area contributed by atoms with Crippen LogP contribution >= 0.6 is 7.92 Å². The van der Waals surface area contributed by atoms with Gasteiger partial charge in [-0.15, -0.1) is 0 Å². The van der Waals surface area contributed by atoms with E-state index in [4.69, 9.17) is 5.73 Å². The largest absolute Gasteiger partial charge is 0.324 e. The molecule has 0 spiro atoms. The molecule has 0 bridgehead atoms. The van der Waals surface area contributed by atoms with Gasteiger partial charge in [-0.1, -0.05) is 21.3 Å². The van der Waals surface area contributed by atoms with E-state index in [9.17, 15) is 0 Å². The quantitative estimate of drug-likeness (QED) is 0.584. The van der Waals surface area contributed by atoms with E-state index in [1.165, 1.54) is 12.6 Å². The molecule has 0 saturated heterocycles. The van der Waals surface area contributed by atoms with Gasteiger partial charge in [0.1, 0.15) is 0 Å². The fourth-order valence-corrected chi connectivity index (χ4v) is 1.67. The zero-order valence-electron chi connectivity index (χ0n) is 6.02. The van der Waals surface area contributed by atoms with Crippen molar-refractivity contribution in [2.75, 3.05) is 12.8 Å². The van der Waals surface area contributed by atoms with Gasteiger partial charge in [0.05, 0.1) is 0 Å². The molecule has 8 heavy (non-hydrogen) atoms. The first kappa shape index (κ1) is 8.39. The highest BCUT2D eigenvalue weighted by Gasteiger charge is 2.02. The Kier molecular flexibility index (Phi) is 4.50. The van der Waals surface area contributed by atoms with E-state index in [0.29, 0.717) is 5.78 Å². The van der Waals surface area contributed by atoms with Crippen molar-refractivity contribution >= 4 is 7.92 Å². The fraction of sp³-hybridized carbons (Fsp3) is 1.00. The molecule has 0 radical (unpaired) electrons. The van der Waals surface area contributed by atoms with Crippen molar-refractivity contribution in [3.05, 3.63) is 0 Å². The van der Waals surface area contributed by atoms with Crippen LogP contribution in [0.2, 0.25) is 0 Å². The van der Waals surface area contributed by atoms with E-state index in [2.05, 4.69) is 20.5 Å². The maximum absolute atomic E-state index is 5.65. The summed E-state index contributed by atoms with van der Waals surface area (Å²) in [5, 5.41) is 0. The molecule has 0 aromatic heterocycles. The van der Waals surface area contributed by atoms with Crippen LogP contribution in [0.4, 0.5) is 0 Å². The summed E-state index contributed by atoms with van der Waals surface area (Å²) in [5.74, 6) is 0.435. The van der Waals surface area contributed by atoms with E-state index in [1.54, 1.807) is 0 Å². The highest BCUT2D eigenvalue weighted by atomic mass is 31.1. The number of hydrogen-bond donors (Lipinski definition) is 1. The molecule has 2 unspecified atom stereocenters. The first-order valence-corrected chi connectivity index (χ1v) is 5.18. The van der Waals surface area contributed by atoms with E-state index in [0.717, 1.165) is 0 Å². The van der Waals surface area contributed by atoms with Gasteiger partial charge < -0.3 is 5.73 Å². The second-order valence-corrected chi connectivity index (χ2v) is 5.00. The Labute approximate surface area is 53.4 Å². The van der Waals surface area contributed by atoms with E-state index < -0.39 is 0 Å². The van der Waals surface area contributed by atoms with Gasteiger partial charge in [-0.05, 0) is 19.8 Å². The first-order valence-electron chi connectivity index (χ1n) is 3.14. The Morgan fingerprint density at radius 2 is 2.12 bits per heavy atom. The molecule has 0 saturated carbocycles. The molecule has 0 fully saturated rings. The number of nitrogens with two attached hydrogens (primary N) is 1. The van der Waals surface area contributed by atoms with Crippen molar-refractivity contribution in [3.8, 4) is 0 Å². The Morgan fingerprint density at radius 3 is 2.25 bits per heavy atom. The molecule has 0 rings (SSSR count). The minimum absolute atomic E-state index is 0.138. The van der Waals surface area contributed by atoms with Gasteiger partial charge in [-0.2, -0.15) is 0 Å². The molecule has 0 aliphatic carbocycles. The van der Waals surface area contributed by atoms with Crippen LogP contribution < -0.4 is 5.73 Å². The number of hydrogen-bond acceptors (Lipinski definition) is 1. The molecule has 2 atom stereocenters. The van der Waals surface area contributed by atoms with E-state index in [1.807, 2.05) is 0 Å². The van der Waals surface area contributed by atoms with Crippen LogP contribution in [-0.4, -0.2) is 18.6 Å². The summed E-state index contributed by atoms with van der Waals surface area (Å²) in [6, 6.07) is 0. The summed E-state index contributed by atoms with van der Waals surface area (Å²) in [7, 11) is 0.138. The van der Waals surface area contributed by atoms with Crippen molar-refractivity contribution in [2.45, 2.75) is 26.1 Å². The third-order valence-corrected chi connectivity index (χ3v) is 3.81. The average molecular weight is 133 g/mol. The average Bonchev–Trinajstić information content (AvgIpc) is 1.67. The zero-order chi connectivity index (χ0) is 6.57. The highest BCUT2D eigenvalue weighted by Crippen LogP contribution is 2.33. The Bertz CT molecular complexity index is 54.5. The first-order chi connectivity index (χ1) is 3.68. The minimum atomic E-state index is 0.138. The molecular formula is C6H16NP. The summed E-state index contributed by atoms with van der Waals surface area (Å²) in [6.07, 6.45) is 2.61. The zero-order valence-corrected chi connectivity index (χ0v) is 6.91. The predicted octanol–water partition coefficient (Wildman–Crippen LogP) is 1.81. The Hall–Kier alpha value is 0.390. The lowest BCUT2D eigenvalue weighted by atomic mass is 10.6. The molecular weight excluding hydrogens is 117 g/mol. The predicted molar refractivity (Wildman–Crippen MR) is 41.7 cm³/mol. The van der Waals surface area contributed by atoms with Crippen LogP contribution in [-0.2, 0) is 0 Å². The van der Waals surface area contributed by atoms with Crippen LogP contribution in [0, 0.1) is 0 Å². The van der Waals surface area contributed by atoms with Crippen molar-refractivity contribution in [2.24, 2.45) is 5.73 Å². The summed E-state index contributed by atoms with van der Waals surface area (Å²) in [6.45, 7) is 6.58.